The number of amides is 4. The summed E-state index contributed by atoms with van der Waals surface area (Å²) in [6, 6.07) is 16.0. The van der Waals surface area contributed by atoms with Gasteiger partial charge in [0.05, 0.1) is 18.5 Å². The Labute approximate surface area is 282 Å². The normalized spacial score (nSPS) is 13.9. The van der Waals surface area contributed by atoms with Crippen molar-refractivity contribution in [1.29, 1.82) is 0 Å². The van der Waals surface area contributed by atoms with Crippen LogP contribution in [0, 0.1) is 5.92 Å². The number of hydrogen-bond acceptors (Lipinski definition) is 7. The number of rotatable bonds is 17. The van der Waals surface area contributed by atoms with E-state index in [0.717, 1.165) is 11.1 Å². The van der Waals surface area contributed by atoms with Gasteiger partial charge in [0.25, 0.3) is 0 Å². The van der Waals surface area contributed by atoms with E-state index in [1.807, 2.05) is 74.5 Å². The molecule has 0 spiro atoms. The number of nitrogens with zero attached hydrogens (tertiary/aromatic N) is 1. The first-order valence-electron chi connectivity index (χ1n) is 16.4. The van der Waals surface area contributed by atoms with Crippen LogP contribution in [0.5, 0.6) is 0 Å². The van der Waals surface area contributed by atoms with Crippen LogP contribution in [-0.2, 0) is 38.4 Å². The number of ether oxygens (including phenoxy) is 1. The van der Waals surface area contributed by atoms with Crippen LogP contribution in [0.25, 0.3) is 0 Å². The topological polar surface area (TPSA) is 175 Å². The van der Waals surface area contributed by atoms with Crippen LogP contribution < -0.4 is 21.3 Å². The number of aliphatic hydroxyl groups excluding tert-OH is 1. The van der Waals surface area contributed by atoms with Crippen molar-refractivity contribution < 1.29 is 29.0 Å². The first-order valence-corrected chi connectivity index (χ1v) is 16.4. The van der Waals surface area contributed by atoms with Crippen molar-refractivity contribution in [3.63, 3.8) is 0 Å². The number of hydrogen-bond donors (Lipinski definition) is 6. The van der Waals surface area contributed by atoms with Gasteiger partial charge in [-0.15, -0.1) is 0 Å². The first kappa shape index (κ1) is 37.7. The second-order valence-corrected chi connectivity index (χ2v) is 13.3. The number of aryl methyl sites for hydroxylation is 1. The Kier molecular flexibility index (Phi) is 14.6. The standard InChI is InChI=1S/C36H50N6O6/c1-24(2)18-28(31(43)22-38-32(44)17-16-25-12-8-6-9-13-25)40-34(46)30(20-27-21-37-23-39-27)41-33(45)29(19-26-14-10-7-11-15-26)42-35(47)48-36(3,4)5/h6-15,21,23-24,28-31,43H,16-20,22H2,1-5H3,(H,37,39)(H,38,44)(H,40,46)(H,41,45)(H,42,47)/t28-,29-,30-,31?/m0/s1. The molecular weight excluding hydrogens is 612 g/mol. The number of aromatic amines is 1. The summed E-state index contributed by atoms with van der Waals surface area (Å²) in [7, 11) is 0. The molecule has 1 unspecified atom stereocenters. The van der Waals surface area contributed by atoms with Crippen LogP contribution in [0.1, 0.15) is 64.3 Å². The van der Waals surface area contributed by atoms with Gasteiger partial charge in [-0.2, -0.15) is 0 Å². The van der Waals surface area contributed by atoms with Crippen molar-refractivity contribution in [3.8, 4) is 0 Å². The zero-order valence-electron chi connectivity index (χ0n) is 28.5. The molecular formula is C36H50N6O6. The minimum atomic E-state index is -1.08. The van der Waals surface area contributed by atoms with Gasteiger partial charge >= 0.3 is 6.09 Å². The molecule has 0 aliphatic carbocycles. The maximum Gasteiger partial charge on any atom is 0.408 e. The third-order valence-corrected chi connectivity index (χ3v) is 7.41. The van der Waals surface area contributed by atoms with Crippen LogP contribution in [0.3, 0.4) is 0 Å². The second-order valence-electron chi connectivity index (χ2n) is 13.3. The van der Waals surface area contributed by atoms with E-state index in [4.69, 9.17) is 4.74 Å². The molecule has 1 heterocycles. The Bertz CT molecular complexity index is 1430. The summed E-state index contributed by atoms with van der Waals surface area (Å²) >= 11 is 0. The van der Waals surface area contributed by atoms with Gasteiger partial charge in [-0.3, -0.25) is 14.4 Å². The van der Waals surface area contributed by atoms with Gasteiger partial charge in [-0.25, -0.2) is 9.78 Å². The van der Waals surface area contributed by atoms with Crippen LogP contribution >= 0.6 is 0 Å². The molecule has 6 N–H and O–H groups in total. The minimum absolute atomic E-state index is 0.0537. The highest BCUT2D eigenvalue weighted by molar-refractivity contribution is 5.91. The lowest BCUT2D eigenvalue weighted by Crippen LogP contribution is -2.58. The molecule has 0 fully saturated rings. The van der Waals surface area contributed by atoms with E-state index in [-0.39, 0.29) is 37.6 Å². The number of alkyl carbamates (subject to hydrolysis) is 1. The summed E-state index contributed by atoms with van der Waals surface area (Å²) < 4.78 is 5.41. The van der Waals surface area contributed by atoms with Crippen molar-refractivity contribution >= 4 is 23.8 Å². The summed E-state index contributed by atoms with van der Waals surface area (Å²) in [4.78, 5) is 59.8. The van der Waals surface area contributed by atoms with E-state index in [1.165, 1.54) is 6.33 Å². The highest BCUT2D eigenvalue weighted by Gasteiger charge is 2.31. The lowest BCUT2D eigenvalue weighted by molar-refractivity contribution is -0.131. The minimum Gasteiger partial charge on any atom is -0.444 e. The Balaban J connectivity index is 1.72. The van der Waals surface area contributed by atoms with Gasteiger partial charge in [0, 0.05) is 37.7 Å². The van der Waals surface area contributed by atoms with Gasteiger partial charge in [-0.1, -0.05) is 74.5 Å². The average molecular weight is 663 g/mol. The molecule has 1 aromatic heterocycles. The number of nitrogens with one attached hydrogen (secondary N) is 5. The van der Waals surface area contributed by atoms with Gasteiger partial charge in [0.15, 0.2) is 0 Å². The van der Waals surface area contributed by atoms with E-state index in [1.54, 1.807) is 27.0 Å². The molecule has 0 aliphatic rings. The molecule has 4 atom stereocenters. The molecule has 0 saturated carbocycles. The van der Waals surface area contributed by atoms with Crippen molar-refractivity contribution in [3.05, 3.63) is 90.0 Å². The largest absolute Gasteiger partial charge is 0.444 e. The Morgan fingerprint density at radius 2 is 1.46 bits per heavy atom. The van der Waals surface area contributed by atoms with Gasteiger partial charge < -0.3 is 36.1 Å². The number of aliphatic hydroxyl groups is 1. The number of carbonyl (C=O) groups is 4. The van der Waals surface area contributed by atoms with Crippen LogP contribution in [0.4, 0.5) is 4.79 Å². The van der Waals surface area contributed by atoms with E-state index in [0.29, 0.717) is 18.5 Å². The summed E-state index contributed by atoms with van der Waals surface area (Å²) in [6.07, 6.45) is 2.66. The Morgan fingerprint density at radius 3 is 2.04 bits per heavy atom. The lowest BCUT2D eigenvalue weighted by Gasteiger charge is -2.29. The summed E-state index contributed by atoms with van der Waals surface area (Å²) in [5, 5.41) is 22.2. The summed E-state index contributed by atoms with van der Waals surface area (Å²) in [5.74, 6) is -1.23. The molecule has 12 nitrogen and oxygen atoms in total. The SMILES string of the molecule is CC(C)C[C@H](NC(=O)[C@H](Cc1cnc[nH]1)NC(=O)[C@H](Cc1ccccc1)NC(=O)OC(C)(C)C)C(O)CNC(=O)CCc1ccccc1. The number of H-pyrrole nitrogens is 1. The van der Waals surface area contributed by atoms with Crippen molar-refractivity contribution in [2.75, 3.05) is 6.54 Å². The monoisotopic (exact) mass is 662 g/mol. The maximum absolute atomic E-state index is 13.8. The number of aromatic nitrogens is 2. The summed E-state index contributed by atoms with van der Waals surface area (Å²) in [6.45, 7) is 9.04. The van der Waals surface area contributed by atoms with Gasteiger partial charge in [0.1, 0.15) is 17.7 Å². The zero-order chi connectivity index (χ0) is 35.1. The van der Waals surface area contributed by atoms with Crippen molar-refractivity contribution in [2.24, 2.45) is 5.92 Å². The lowest BCUT2D eigenvalue weighted by atomic mass is 9.98. The quantitative estimate of drug-likeness (QED) is 0.129. The summed E-state index contributed by atoms with van der Waals surface area (Å²) in [5.41, 5.74) is 1.65. The predicted molar refractivity (Wildman–Crippen MR) is 183 cm³/mol. The number of benzene rings is 2. The maximum atomic E-state index is 13.8. The highest BCUT2D eigenvalue weighted by Crippen LogP contribution is 2.12. The third kappa shape index (κ3) is 14.0. The molecule has 260 valence electrons. The molecule has 3 rings (SSSR count). The first-order chi connectivity index (χ1) is 22.8. The zero-order valence-corrected chi connectivity index (χ0v) is 28.5. The fourth-order valence-corrected chi connectivity index (χ4v) is 5.06. The third-order valence-electron chi connectivity index (χ3n) is 7.41. The fraction of sp³-hybridized carbons (Fsp3) is 0.472. The molecule has 3 aromatic rings. The van der Waals surface area contributed by atoms with Crippen LogP contribution in [-0.4, -0.2) is 75.3 Å². The molecule has 4 amide bonds. The smallest absolute Gasteiger partial charge is 0.408 e. The van der Waals surface area contributed by atoms with E-state index in [9.17, 15) is 24.3 Å². The molecule has 0 bridgehead atoms. The highest BCUT2D eigenvalue weighted by atomic mass is 16.6. The van der Waals surface area contributed by atoms with E-state index < -0.39 is 47.7 Å². The van der Waals surface area contributed by atoms with E-state index in [2.05, 4.69) is 31.2 Å². The van der Waals surface area contributed by atoms with Crippen LogP contribution in [0.15, 0.2) is 73.2 Å². The van der Waals surface area contributed by atoms with Gasteiger partial charge in [-0.05, 0) is 50.7 Å². The Morgan fingerprint density at radius 1 is 0.854 bits per heavy atom. The average Bonchev–Trinajstić information content (AvgIpc) is 3.54. The molecule has 2 aromatic carbocycles. The molecule has 48 heavy (non-hydrogen) atoms. The molecule has 0 aliphatic heterocycles. The van der Waals surface area contributed by atoms with Crippen LogP contribution in [0.2, 0.25) is 0 Å². The fourth-order valence-electron chi connectivity index (χ4n) is 5.06. The second kappa shape index (κ2) is 18.6. The molecule has 12 heteroatoms. The van der Waals surface area contributed by atoms with Crippen molar-refractivity contribution in [1.82, 2.24) is 31.2 Å². The van der Waals surface area contributed by atoms with Gasteiger partial charge in [0.2, 0.25) is 17.7 Å². The molecule has 0 saturated heterocycles. The predicted octanol–water partition coefficient (Wildman–Crippen LogP) is 3.21. The van der Waals surface area contributed by atoms with Crippen molar-refractivity contribution in [2.45, 2.75) is 96.6 Å². The number of carbonyl (C=O) groups excluding carboxylic acids is 4. The number of imidazole rings is 1. The molecule has 0 radical (unpaired) electrons. The van der Waals surface area contributed by atoms with E-state index >= 15 is 0 Å². The Hall–Kier alpha value is -4.71.